The van der Waals surface area contributed by atoms with Crippen LogP contribution >= 0.6 is 0 Å². The maximum atomic E-state index is 8.63. The summed E-state index contributed by atoms with van der Waals surface area (Å²) in [6, 6.07) is 0.642. The Bertz CT molecular complexity index is 488. The van der Waals surface area contributed by atoms with E-state index in [0.717, 1.165) is 25.3 Å². The second-order valence-electron chi connectivity index (χ2n) is 5.38. The summed E-state index contributed by atoms with van der Waals surface area (Å²) in [5.74, 6) is 0.857. The molecule has 3 heterocycles. The Labute approximate surface area is 118 Å². The molecule has 108 valence electrons. The summed E-state index contributed by atoms with van der Waals surface area (Å²) in [6.45, 7) is 4.42. The van der Waals surface area contributed by atoms with Gasteiger partial charge < -0.3 is 15.8 Å². The summed E-state index contributed by atoms with van der Waals surface area (Å²) in [7, 11) is 0. The molecule has 1 unspecified atom stereocenters. The highest BCUT2D eigenvalue weighted by molar-refractivity contribution is 5.94. The molecule has 20 heavy (non-hydrogen) atoms. The van der Waals surface area contributed by atoms with Crippen molar-refractivity contribution in [2.45, 2.75) is 25.3 Å². The zero-order valence-corrected chi connectivity index (χ0v) is 11.4. The van der Waals surface area contributed by atoms with Crippen molar-refractivity contribution >= 4 is 11.7 Å². The highest BCUT2D eigenvalue weighted by atomic mass is 16.4. The van der Waals surface area contributed by atoms with E-state index in [1.54, 1.807) is 12.4 Å². The molecule has 1 atom stereocenters. The fraction of sp³-hybridized carbons (Fsp3) is 0.615. The van der Waals surface area contributed by atoms with E-state index in [4.69, 9.17) is 10.9 Å². The molecule has 0 aromatic carbocycles. The van der Waals surface area contributed by atoms with Gasteiger partial charge in [-0.05, 0) is 25.8 Å². The Morgan fingerprint density at radius 2 is 2.10 bits per heavy atom. The molecule has 3 N–H and O–H groups in total. The van der Waals surface area contributed by atoms with Gasteiger partial charge in [0, 0.05) is 25.7 Å². The van der Waals surface area contributed by atoms with Crippen molar-refractivity contribution in [2.75, 3.05) is 31.1 Å². The first-order valence-electron chi connectivity index (χ1n) is 7.07. The molecule has 2 aliphatic heterocycles. The molecule has 1 aromatic heterocycles. The molecule has 0 aliphatic carbocycles. The lowest BCUT2D eigenvalue weighted by Gasteiger charge is -2.26. The Morgan fingerprint density at radius 3 is 2.85 bits per heavy atom. The van der Waals surface area contributed by atoms with Crippen LogP contribution in [0, 0.1) is 0 Å². The summed E-state index contributed by atoms with van der Waals surface area (Å²) in [6.07, 6.45) is 6.98. The maximum Gasteiger partial charge on any atom is 0.190 e. The van der Waals surface area contributed by atoms with Crippen molar-refractivity contribution in [3.63, 3.8) is 0 Å². The van der Waals surface area contributed by atoms with Gasteiger partial charge in [0.1, 0.15) is 11.5 Å². The minimum absolute atomic E-state index is 0.0121. The van der Waals surface area contributed by atoms with Gasteiger partial charge >= 0.3 is 0 Å². The summed E-state index contributed by atoms with van der Waals surface area (Å²) in [5, 5.41) is 11.6. The lowest BCUT2D eigenvalue weighted by molar-refractivity contribution is 0.273. The lowest BCUT2D eigenvalue weighted by Crippen LogP contribution is -2.37. The van der Waals surface area contributed by atoms with Crippen molar-refractivity contribution in [1.82, 2.24) is 14.9 Å². The van der Waals surface area contributed by atoms with E-state index in [1.165, 1.54) is 25.9 Å². The van der Waals surface area contributed by atoms with E-state index in [1.807, 2.05) is 0 Å². The second-order valence-corrected chi connectivity index (χ2v) is 5.38. The van der Waals surface area contributed by atoms with Crippen molar-refractivity contribution < 1.29 is 5.21 Å². The first-order valence-corrected chi connectivity index (χ1v) is 7.07. The molecule has 7 heteroatoms. The molecule has 7 nitrogen and oxygen atoms in total. The Hall–Kier alpha value is -1.89. The van der Waals surface area contributed by atoms with Gasteiger partial charge in [-0.1, -0.05) is 5.16 Å². The topological polar surface area (TPSA) is 90.9 Å². The van der Waals surface area contributed by atoms with Crippen LogP contribution in [0.4, 0.5) is 5.82 Å². The van der Waals surface area contributed by atoms with E-state index in [-0.39, 0.29) is 5.84 Å². The van der Waals surface area contributed by atoms with Crippen molar-refractivity contribution in [1.29, 1.82) is 0 Å². The Balaban J connectivity index is 1.74. The largest absolute Gasteiger partial charge is 0.409 e. The van der Waals surface area contributed by atoms with Crippen LogP contribution in [0.25, 0.3) is 0 Å². The maximum absolute atomic E-state index is 8.63. The van der Waals surface area contributed by atoms with E-state index < -0.39 is 0 Å². The van der Waals surface area contributed by atoms with Gasteiger partial charge in [0.05, 0.1) is 12.4 Å². The van der Waals surface area contributed by atoms with E-state index in [2.05, 4.69) is 24.9 Å². The number of amidine groups is 1. The predicted octanol–water partition coefficient (Wildman–Crippen LogP) is 0.246. The molecule has 1 aromatic rings. The summed E-state index contributed by atoms with van der Waals surface area (Å²) in [4.78, 5) is 13.5. The van der Waals surface area contributed by atoms with Crippen LogP contribution in [-0.4, -0.2) is 58.1 Å². The van der Waals surface area contributed by atoms with Gasteiger partial charge in [0.15, 0.2) is 5.84 Å². The minimum atomic E-state index is -0.0121. The van der Waals surface area contributed by atoms with Crippen molar-refractivity contribution in [3.8, 4) is 0 Å². The average molecular weight is 276 g/mol. The third kappa shape index (κ3) is 2.53. The van der Waals surface area contributed by atoms with Crippen LogP contribution in [0.2, 0.25) is 0 Å². The fourth-order valence-electron chi connectivity index (χ4n) is 3.08. The zero-order valence-electron chi connectivity index (χ0n) is 11.4. The van der Waals surface area contributed by atoms with Crippen LogP contribution in [0.5, 0.6) is 0 Å². The van der Waals surface area contributed by atoms with E-state index in [9.17, 15) is 0 Å². The van der Waals surface area contributed by atoms with Crippen LogP contribution in [0.3, 0.4) is 0 Å². The number of nitrogens with two attached hydrogens (primary N) is 1. The number of nitrogens with zero attached hydrogens (tertiary/aromatic N) is 5. The number of oxime groups is 1. The molecule has 0 spiro atoms. The van der Waals surface area contributed by atoms with Crippen molar-refractivity contribution in [3.05, 3.63) is 18.1 Å². The molecule has 2 fully saturated rings. The zero-order chi connectivity index (χ0) is 13.9. The van der Waals surface area contributed by atoms with Crippen LogP contribution in [0.15, 0.2) is 17.5 Å². The molecule has 3 rings (SSSR count). The molecule has 0 saturated carbocycles. The first-order chi connectivity index (χ1) is 9.78. The highest BCUT2D eigenvalue weighted by Gasteiger charge is 2.29. The predicted molar refractivity (Wildman–Crippen MR) is 76.0 cm³/mol. The summed E-state index contributed by atoms with van der Waals surface area (Å²) < 4.78 is 0. The summed E-state index contributed by atoms with van der Waals surface area (Å²) in [5.41, 5.74) is 5.89. The van der Waals surface area contributed by atoms with E-state index in [0.29, 0.717) is 11.7 Å². The lowest BCUT2D eigenvalue weighted by atomic mass is 10.2. The number of aromatic nitrogens is 2. The fourth-order valence-corrected chi connectivity index (χ4v) is 3.08. The van der Waals surface area contributed by atoms with Gasteiger partial charge in [-0.15, -0.1) is 0 Å². The highest BCUT2D eigenvalue weighted by Crippen LogP contribution is 2.23. The van der Waals surface area contributed by atoms with Crippen molar-refractivity contribution in [2.24, 2.45) is 10.9 Å². The van der Waals surface area contributed by atoms with Gasteiger partial charge in [-0.3, -0.25) is 4.90 Å². The molecule has 2 saturated heterocycles. The standard InChI is InChI=1S/C13H20N6O/c14-13(17-20)11-7-16-12(8-15-11)19-6-2-5-18-4-1-3-10(18)9-19/h7-8,10,20H,1-6,9H2,(H2,14,17). The van der Waals surface area contributed by atoms with Gasteiger partial charge in [-0.2, -0.15) is 0 Å². The van der Waals surface area contributed by atoms with Gasteiger partial charge in [0.25, 0.3) is 0 Å². The molecular formula is C13H20N6O. The van der Waals surface area contributed by atoms with E-state index >= 15 is 0 Å². The number of hydrogen-bond donors (Lipinski definition) is 2. The average Bonchev–Trinajstić information content (AvgIpc) is 2.83. The minimum Gasteiger partial charge on any atom is -0.409 e. The van der Waals surface area contributed by atoms with Gasteiger partial charge in [-0.25, -0.2) is 9.97 Å². The first kappa shape index (κ1) is 13.1. The molecular weight excluding hydrogens is 256 g/mol. The Morgan fingerprint density at radius 1 is 1.25 bits per heavy atom. The number of anilines is 1. The third-order valence-corrected chi connectivity index (χ3v) is 4.14. The number of rotatable bonds is 2. The SMILES string of the molecule is NC(=NO)c1cnc(N2CCCN3CCCC3C2)cn1. The monoisotopic (exact) mass is 276 g/mol. The normalized spacial score (nSPS) is 24.5. The van der Waals surface area contributed by atoms with Gasteiger partial charge in [0.2, 0.25) is 0 Å². The molecule has 0 amide bonds. The van der Waals surface area contributed by atoms with Crippen LogP contribution in [-0.2, 0) is 0 Å². The number of hydrogen-bond acceptors (Lipinski definition) is 6. The second kappa shape index (κ2) is 5.62. The number of fused-ring (bicyclic) bond motifs is 1. The third-order valence-electron chi connectivity index (χ3n) is 4.14. The van der Waals surface area contributed by atoms with Crippen LogP contribution in [0.1, 0.15) is 25.0 Å². The van der Waals surface area contributed by atoms with Crippen LogP contribution < -0.4 is 10.6 Å². The smallest absolute Gasteiger partial charge is 0.190 e. The molecule has 2 aliphatic rings. The Kier molecular flexibility index (Phi) is 3.68. The quantitative estimate of drug-likeness (QED) is 0.348. The summed E-state index contributed by atoms with van der Waals surface area (Å²) >= 11 is 0. The molecule has 0 radical (unpaired) electrons. The molecule has 0 bridgehead atoms.